The summed E-state index contributed by atoms with van der Waals surface area (Å²) in [5.74, 6) is 0. The fourth-order valence-corrected chi connectivity index (χ4v) is 4.01. The van der Waals surface area contributed by atoms with Gasteiger partial charge < -0.3 is 10.2 Å². The number of H-pyrrole nitrogens is 1. The number of aromatic amines is 1. The van der Waals surface area contributed by atoms with Crippen LogP contribution in [0.5, 0.6) is 0 Å². The van der Waals surface area contributed by atoms with Crippen molar-refractivity contribution in [2.24, 2.45) is 0 Å². The van der Waals surface area contributed by atoms with Crippen molar-refractivity contribution in [3.63, 3.8) is 0 Å². The third kappa shape index (κ3) is 2.81. The highest BCUT2D eigenvalue weighted by molar-refractivity contribution is 7.89. The first kappa shape index (κ1) is 14.4. The van der Waals surface area contributed by atoms with Crippen LogP contribution in [-0.4, -0.2) is 68.1 Å². The van der Waals surface area contributed by atoms with Gasteiger partial charge in [-0.2, -0.15) is 9.40 Å². The lowest BCUT2D eigenvalue weighted by Gasteiger charge is -2.31. The molecular formula is C11H21N5O2S. The number of sulfonamides is 1. The van der Waals surface area contributed by atoms with E-state index in [1.54, 1.807) is 18.3 Å². The number of piperazine rings is 1. The topological polar surface area (TPSA) is 81.3 Å². The van der Waals surface area contributed by atoms with E-state index in [0.29, 0.717) is 35.9 Å². The monoisotopic (exact) mass is 287 g/mol. The van der Waals surface area contributed by atoms with E-state index in [2.05, 4.69) is 20.4 Å². The first-order valence-electron chi connectivity index (χ1n) is 6.34. The predicted molar refractivity (Wildman–Crippen MR) is 72.3 cm³/mol. The lowest BCUT2D eigenvalue weighted by molar-refractivity contribution is 0.222. The van der Waals surface area contributed by atoms with Crippen LogP contribution in [0, 0.1) is 6.92 Å². The fraction of sp³-hybridized carbons (Fsp3) is 0.727. The van der Waals surface area contributed by atoms with E-state index in [1.165, 1.54) is 0 Å². The zero-order chi connectivity index (χ0) is 14.0. The summed E-state index contributed by atoms with van der Waals surface area (Å²) in [6.07, 6.45) is 0. The molecular weight excluding hydrogens is 266 g/mol. The average Bonchev–Trinajstić information content (AvgIpc) is 2.72. The van der Waals surface area contributed by atoms with Gasteiger partial charge in [-0.05, 0) is 21.0 Å². The average molecular weight is 287 g/mol. The Morgan fingerprint density at radius 1 is 1.32 bits per heavy atom. The molecule has 19 heavy (non-hydrogen) atoms. The largest absolute Gasteiger partial charge is 0.314 e. The summed E-state index contributed by atoms with van der Waals surface area (Å²) in [6.45, 7) is 4.77. The Morgan fingerprint density at radius 3 is 2.53 bits per heavy atom. The van der Waals surface area contributed by atoms with Crippen LogP contribution < -0.4 is 5.32 Å². The van der Waals surface area contributed by atoms with Crippen molar-refractivity contribution < 1.29 is 8.42 Å². The van der Waals surface area contributed by atoms with Crippen molar-refractivity contribution in [1.82, 2.24) is 24.7 Å². The predicted octanol–water partition coefficient (Wildman–Crippen LogP) is -0.626. The number of rotatable bonds is 4. The molecule has 0 saturated carbocycles. The van der Waals surface area contributed by atoms with Gasteiger partial charge in [0.15, 0.2) is 0 Å². The van der Waals surface area contributed by atoms with Crippen LogP contribution in [0.3, 0.4) is 0 Å². The SMILES string of the molecule is CNCc1n[nH]c(C)c1S(=O)(=O)N1CCN(C)CC1. The Balaban J connectivity index is 2.31. The van der Waals surface area contributed by atoms with Crippen LogP contribution in [0.4, 0.5) is 0 Å². The molecule has 2 rings (SSSR count). The third-order valence-electron chi connectivity index (χ3n) is 3.37. The molecule has 0 bridgehead atoms. The Morgan fingerprint density at radius 2 is 1.95 bits per heavy atom. The molecule has 0 aliphatic carbocycles. The van der Waals surface area contributed by atoms with E-state index in [-0.39, 0.29) is 0 Å². The van der Waals surface area contributed by atoms with Gasteiger partial charge in [-0.1, -0.05) is 0 Å². The van der Waals surface area contributed by atoms with Gasteiger partial charge in [0.2, 0.25) is 10.0 Å². The molecule has 1 aliphatic heterocycles. The second-order valence-electron chi connectivity index (χ2n) is 4.86. The van der Waals surface area contributed by atoms with Crippen LogP contribution in [-0.2, 0) is 16.6 Å². The minimum atomic E-state index is -3.45. The molecule has 108 valence electrons. The number of hydrogen-bond donors (Lipinski definition) is 2. The maximum Gasteiger partial charge on any atom is 0.246 e. The number of hydrogen-bond acceptors (Lipinski definition) is 5. The normalized spacial score (nSPS) is 18.9. The van der Waals surface area contributed by atoms with Crippen LogP contribution >= 0.6 is 0 Å². The van der Waals surface area contributed by atoms with Gasteiger partial charge in [-0.15, -0.1) is 0 Å². The Bertz CT molecular complexity index is 531. The molecule has 1 aliphatic rings. The van der Waals surface area contributed by atoms with Crippen molar-refractivity contribution in [2.75, 3.05) is 40.3 Å². The van der Waals surface area contributed by atoms with Crippen molar-refractivity contribution in [2.45, 2.75) is 18.4 Å². The highest BCUT2D eigenvalue weighted by Gasteiger charge is 2.32. The van der Waals surface area contributed by atoms with Crippen LogP contribution in [0.25, 0.3) is 0 Å². The molecule has 2 N–H and O–H groups in total. The van der Waals surface area contributed by atoms with Gasteiger partial charge in [-0.3, -0.25) is 5.10 Å². The number of aromatic nitrogens is 2. The highest BCUT2D eigenvalue weighted by atomic mass is 32.2. The van der Waals surface area contributed by atoms with E-state index in [0.717, 1.165) is 13.1 Å². The summed E-state index contributed by atoms with van der Waals surface area (Å²) in [5.41, 5.74) is 1.16. The summed E-state index contributed by atoms with van der Waals surface area (Å²) in [6, 6.07) is 0. The number of nitrogens with one attached hydrogen (secondary N) is 2. The van der Waals surface area contributed by atoms with Crippen molar-refractivity contribution in [1.29, 1.82) is 0 Å². The second-order valence-corrected chi connectivity index (χ2v) is 6.74. The smallest absolute Gasteiger partial charge is 0.246 e. The molecule has 1 fully saturated rings. The van der Waals surface area contributed by atoms with E-state index < -0.39 is 10.0 Å². The Kier molecular flexibility index (Phi) is 4.24. The molecule has 8 heteroatoms. The number of aryl methyl sites for hydroxylation is 1. The first-order valence-corrected chi connectivity index (χ1v) is 7.78. The molecule has 0 radical (unpaired) electrons. The summed E-state index contributed by atoms with van der Waals surface area (Å²) in [5, 5.41) is 9.79. The van der Waals surface area contributed by atoms with Gasteiger partial charge in [0.25, 0.3) is 0 Å². The van der Waals surface area contributed by atoms with Gasteiger partial charge in [-0.25, -0.2) is 8.42 Å². The molecule has 0 spiro atoms. The summed E-state index contributed by atoms with van der Waals surface area (Å²) in [7, 11) is 0.321. The van der Waals surface area contributed by atoms with Crippen molar-refractivity contribution in [3.05, 3.63) is 11.4 Å². The van der Waals surface area contributed by atoms with Crippen LogP contribution in [0.15, 0.2) is 4.90 Å². The fourth-order valence-electron chi connectivity index (χ4n) is 2.26. The quantitative estimate of drug-likeness (QED) is 0.771. The lowest BCUT2D eigenvalue weighted by Crippen LogP contribution is -2.47. The molecule has 7 nitrogen and oxygen atoms in total. The van der Waals surface area contributed by atoms with E-state index in [9.17, 15) is 8.42 Å². The lowest BCUT2D eigenvalue weighted by atomic mass is 10.4. The first-order chi connectivity index (χ1) is 8.96. The zero-order valence-electron chi connectivity index (χ0n) is 11.6. The van der Waals surface area contributed by atoms with Crippen molar-refractivity contribution >= 4 is 10.0 Å². The molecule has 0 amide bonds. The van der Waals surface area contributed by atoms with E-state index >= 15 is 0 Å². The standard InChI is InChI=1S/C11H21N5O2S/c1-9-11(10(8-12-2)14-13-9)19(17,18)16-6-4-15(3)5-7-16/h12H,4-8H2,1-3H3,(H,13,14). The van der Waals surface area contributed by atoms with Crippen LogP contribution in [0.2, 0.25) is 0 Å². The maximum atomic E-state index is 12.7. The maximum absolute atomic E-state index is 12.7. The summed E-state index contributed by atoms with van der Waals surface area (Å²) < 4.78 is 26.9. The highest BCUT2D eigenvalue weighted by Crippen LogP contribution is 2.23. The number of likely N-dealkylation sites (N-methyl/N-ethyl adjacent to an activating group) is 1. The number of nitrogens with zero attached hydrogens (tertiary/aromatic N) is 3. The minimum absolute atomic E-state index is 0.325. The van der Waals surface area contributed by atoms with Gasteiger partial charge >= 0.3 is 0 Å². The summed E-state index contributed by atoms with van der Waals surface area (Å²) >= 11 is 0. The van der Waals surface area contributed by atoms with Crippen molar-refractivity contribution in [3.8, 4) is 0 Å². The Labute approximate surface area is 114 Å². The van der Waals surface area contributed by atoms with Gasteiger partial charge in [0.1, 0.15) is 4.90 Å². The van der Waals surface area contributed by atoms with Crippen LogP contribution in [0.1, 0.15) is 11.4 Å². The molecule has 1 aromatic heterocycles. The molecule has 2 heterocycles. The van der Waals surface area contributed by atoms with Gasteiger partial charge in [0.05, 0.1) is 11.4 Å². The third-order valence-corrected chi connectivity index (χ3v) is 5.47. The minimum Gasteiger partial charge on any atom is -0.314 e. The zero-order valence-corrected chi connectivity index (χ0v) is 12.4. The molecule has 0 aromatic carbocycles. The van der Waals surface area contributed by atoms with E-state index in [1.807, 2.05) is 7.05 Å². The Hall–Kier alpha value is -0.960. The molecule has 0 atom stereocenters. The summed E-state index contributed by atoms with van der Waals surface area (Å²) in [4.78, 5) is 2.45. The van der Waals surface area contributed by atoms with Gasteiger partial charge in [0, 0.05) is 32.7 Å². The second kappa shape index (κ2) is 5.58. The molecule has 1 saturated heterocycles. The molecule has 0 unspecified atom stereocenters. The molecule has 1 aromatic rings. The van der Waals surface area contributed by atoms with E-state index in [4.69, 9.17) is 0 Å².